The first-order chi connectivity index (χ1) is 15.2. The van der Waals surface area contributed by atoms with Crippen molar-refractivity contribution in [2.75, 3.05) is 44.6 Å². The molecule has 2 N–H and O–H groups in total. The van der Waals surface area contributed by atoms with Crippen LogP contribution in [0.15, 0.2) is 42.5 Å². The minimum absolute atomic E-state index is 0.540. The second-order valence-electron chi connectivity index (χ2n) is 8.68. The highest BCUT2D eigenvalue weighted by atomic mass is 16.4. The van der Waals surface area contributed by atoms with E-state index in [2.05, 4.69) is 27.2 Å². The predicted octanol–water partition coefficient (Wildman–Crippen LogP) is 3.60. The molecule has 1 saturated heterocycles. The number of carboxylic acid groups (broad SMARTS) is 1. The number of benzene rings is 1. The number of anilines is 1. The summed E-state index contributed by atoms with van der Waals surface area (Å²) in [5.74, 6) is 0.336. The molecule has 31 heavy (non-hydrogen) atoms. The molecule has 1 unspecified atom stereocenters. The average Bonchev–Trinajstić information content (AvgIpc) is 2.80. The fraction of sp³-hybridized carbons (Fsp3) is 0.520. The summed E-state index contributed by atoms with van der Waals surface area (Å²) in [5, 5.41) is 13.2. The minimum Gasteiger partial charge on any atom is -0.480 e. The summed E-state index contributed by atoms with van der Waals surface area (Å²) in [6.07, 6.45) is 6.94. The van der Waals surface area contributed by atoms with Gasteiger partial charge in [0.15, 0.2) is 0 Å². The van der Waals surface area contributed by atoms with Crippen LogP contribution < -0.4 is 5.32 Å². The van der Waals surface area contributed by atoms with Crippen LogP contribution in [0.1, 0.15) is 48.5 Å². The topological polar surface area (TPSA) is 68.7 Å². The Morgan fingerprint density at radius 2 is 1.84 bits per heavy atom. The Bertz CT molecular complexity index is 850. The van der Waals surface area contributed by atoms with E-state index in [4.69, 9.17) is 4.98 Å². The Balaban J connectivity index is 1.16. The highest BCUT2D eigenvalue weighted by Gasteiger charge is 2.29. The number of unbranched alkanes of at least 4 members (excludes halogenated alkanes) is 2. The Morgan fingerprint density at radius 1 is 1.03 bits per heavy atom. The lowest BCUT2D eigenvalue weighted by molar-refractivity contribution is -0.144. The third kappa shape index (κ3) is 5.83. The summed E-state index contributed by atoms with van der Waals surface area (Å²) in [6, 6.07) is 13.5. The molecule has 0 radical (unpaired) electrons. The van der Waals surface area contributed by atoms with E-state index >= 15 is 0 Å². The van der Waals surface area contributed by atoms with Crippen LogP contribution in [-0.4, -0.2) is 65.1 Å². The van der Waals surface area contributed by atoms with Crippen LogP contribution in [0.25, 0.3) is 0 Å². The molecule has 6 nitrogen and oxygen atoms in total. The van der Waals surface area contributed by atoms with Gasteiger partial charge in [-0.25, -0.2) is 4.98 Å². The van der Waals surface area contributed by atoms with Gasteiger partial charge in [-0.3, -0.25) is 9.69 Å². The Labute approximate surface area is 185 Å². The molecule has 2 aliphatic heterocycles. The van der Waals surface area contributed by atoms with Gasteiger partial charge in [-0.1, -0.05) is 42.8 Å². The maximum Gasteiger partial charge on any atom is 0.325 e. The molecule has 4 rings (SSSR count). The van der Waals surface area contributed by atoms with Crippen molar-refractivity contribution in [2.24, 2.45) is 0 Å². The smallest absolute Gasteiger partial charge is 0.325 e. The molecular weight excluding hydrogens is 388 g/mol. The lowest BCUT2D eigenvalue weighted by Crippen LogP contribution is -2.49. The largest absolute Gasteiger partial charge is 0.480 e. The number of nitrogens with one attached hydrogen (secondary N) is 1. The molecule has 2 aliphatic rings. The van der Waals surface area contributed by atoms with E-state index in [9.17, 15) is 9.90 Å². The number of piperazine rings is 1. The number of aliphatic carboxylic acids is 1. The first kappa shape index (κ1) is 21.8. The molecule has 1 aromatic heterocycles. The summed E-state index contributed by atoms with van der Waals surface area (Å²) in [4.78, 5) is 21.2. The van der Waals surface area contributed by atoms with Crippen LogP contribution in [0, 0.1) is 0 Å². The van der Waals surface area contributed by atoms with Gasteiger partial charge in [0.2, 0.25) is 0 Å². The number of nitrogens with zero attached hydrogens (tertiary/aromatic N) is 3. The highest BCUT2D eigenvalue weighted by molar-refractivity contribution is 5.75. The summed E-state index contributed by atoms with van der Waals surface area (Å²) in [6.45, 7) is 5.62. The van der Waals surface area contributed by atoms with Gasteiger partial charge in [-0.05, 0) is 55.8 Å². The molecule has 0 saturated carbocycles. The molecule has 6 heteroatoms. The summed E-state index contributed by atoms with van der Waals surface area (Å²) in [7, 11) is 0. The van der Waals surface area contributed by atoms with Gasteiger partial charge in [0.05, 0.1) is 0 Å². The Morgan fingerprint density at radius 3 is 2.61 bits per heavy atom. The van der Waals surface area contributed by atoms with Crippen molar-refractivity contribution in [2.45, 2.75) is 44.6 Å². The number of carboxylic acids is 1. The number of carbonyl (C=O) groups is 1. The standard InChI is InChI=1S/C25H34N4O2/c30-25(31)23(20-8-3-1-4-9-20)29-18-16-28(17-19-29)15-6-2-5-11-22-13-12-21-10-7-14-26-24(21)27-22/h1,3-4,8-9,12-13,23H,2,5-7,10-11,14-19H2,(H,26,27)(H,30,31). The van der Waals surface area contributed by atoms with E-state index in [1.165, 1.54) is 36.9 Å². The lowest BCUT2D eigenvalue weighted by Gasteiger charge is -2.37. The number of hydrogen-bond acceptors (Lipinski definition) is 5. The Hall–Kier alpha value is -2.44. The van der Waals surface area contributed by atoms with E-state index in [1.54, 1.807) is 0 Å². The molecule has 1 fully saturated rings. The third-order valence-corrected chi connectivity index (χ3v) is 6.48. The van der Waals surface area contributed by atoms with Crippen molar-refractivity contribution in [1.29, 1.82) is 0 Å². The lowest BCUT2D eigenvalue weighted by atomic mass is 10.0. The molecule has 1 atom stereocenters. The maximum atomic E-state index is 11.9. The molecule has 166 valence electrons. The zero-order valence-corrected chi connectivity index (χ0v) is 18.3. The van der Waals surface area contributed by atoms with Crippen LogP contribution in [0.2, 0.25) is 0 Å². The molecule has 0 bridgehead atoms. The molecule has 1 aromatic carbocycles. The molecule has 3 heterocycles. The normalized spacial score (nSPS) is 18.2. The van der Waals surface area contributed by atoms with E-state index in [0.29, 0.717) is 0 Å². The maximum absolute atomic E-state index is 11.9. The van der Waals surface area contributed by atoms with E-state index < -0.39 is 12.0 Å². The van der Waals surface area contributed by atoms with E-state index in [-0.39, 0.29) is 0 Å². The van der Waals surface area contributed by atoms with Gasteiger partial charge < -0.3 is 15.3 Å². The first-order valence-electron chi connectivity index (χ1n) is 11.7. The average molecular weight is 423 g/mol. The number of aromatic nitrogens is 1. The van der Waals surface area contributed by atoms with Crippen LogP contribution in [0.5, 0.6) is 0 Å². The van der Waals surface area contributed by atoms with Crippen molar-refractivity contribution in [1.82, 2.24) is 14.8 Å². The summed E-state index contributed by atoms with van der Waals surface area (Å²) < 4.78 is 0. The molecular formula is C25H34N4O2. The van der Waals surface area contributed by atoms with Crippen LogP contribution in [-0.2, 0) is 17.6 Å². The van der Waals surface area contributed by atoms with Gasteiger partial charge in [0.1, 0.15) is 11.9 Å². The highest BCUT2D eigenvalue weighted by Crippen LogP contribution is 2.23. The van der Waals surface area contributed by atoms with Gasteiger partial charge in [0.25, 0.3) is 0 Å². The van der Waals surface area contributed by atoms with Gasteiger partial charge in [0, 0.05) is 38.4 Å². The Kier molecular flexibility index (Phi) is 7.54. The zero-order valence-electron chi connectivity index (χ0n) is 18.3. The molecule has 0 spiro atoms. The van der Waals surface area contributed by atoms with Gasteiger partial charge in [-0.2, -0.15) is 0 Å². The van der Waals surface area contributed by atoms with Crippen molar-refractivity contribution < 1.29 is 9.90 Å². The molecule has 2 aromatic rings. The summed E-state index contributed by atoms with van der Waals surface area (Å²) >= 11 is 0. The number of pyridine rings is 1. The second-order valence-corrected chi connectivity index (χ2v) is 8.68. The quantitative estimate of drug-likeness (QED) is 0.602. The summed E-state index contributed by atoms with van der Waals surface area (Å²) in [5.41, 5.74) is 3.42. The van der Waals surface area contributed by atoms with Gasteiger partial charge >= 0.3 is 5.97 Å². The van der Waals surface area contributed by atoms with Crippen molar-refractivity contribution in [3.05, 3.63) is 59.3 Å². The van der Waals surface area contributed by atoms with Crippen LogP contribution in [0.4, 0.5) is 5.82 Å². The predicted molar refractivity (Wildman–Crippen MR) is 123 cm³/mol. The van der Waals surface area contributed by atoms with E-state index in [1.807, 2.05) is 30.3 Å². The van der Waals surface area contributed by atoms with Gasteiger partial charge in [-0.15, -0.1) is 0 Å². The monoisotopic (exact) mass is 422 g/mol. The SMILES string of the molecule is O=C(O)C(c1ccccc1)N1CCN(CCCCCc2ccc3c(n2)NCCC3)CC1. The number of rotatable bonds is 9. The number of hydrogen-bond donors (Lipinski definition) is 2. The fourth-order valence-corrected chi connectivity index (χ4v) is 4.72. The number of aryl methyl sites for hydroxylation is 2. The van der Waals surface area contributed by atoms with E-state index in [0.717, 1.165) is 63.5 Å². The second kappa shape index (κ2) is 10.7. The van der Waals surface area contributed by atoms with Crippen molar-refractivity contribution >= 4 is 11.8 Å². The van der Waals surface area contributed by atoms with Crippen molar-refractivity contribution in [3.63, 3.8) is 0 Å². The fourth-order valence-electron chi connectivity index (χ4n) is 4.72. The third-order valence-electron chi connectivity index (χ3n) is 6.48. The molecule has 0 aliphatic carbocycles. The van der Waals surface area contributed by atoms with Crippen LogP contribution in [0.3, 0.4) is 0 Å². The number of fused-ring (bicyclic) bond motifs is 1. The van der Waals surface area contributed by atoms with Crippen LogP contribution >= 0.6 is 0 Å². The zero-order chi connectivity index (χ0) is 21.5. The minimum atomic E-state index is -0.759. The first-order valence-corrected chi connectivity index (χ1v) is 11.7. The van der Waals surface area contributed by atoms with Crippen molar-refractivity contribution in [3.8, 4) is 0 Å². The molecule has 0 amide bonds.